The fraction of sp³-hybridized carbons (Fsp3) is 0.727. The molecule has 1 aliphatic carbocycles. The molecule has 3 nitrogen and oxygen atoms in total. The summed E-state index contributed by atoms with van der Waals surface area (Å²) < 4.78 is 2.28. The highest BCUT2D eigenvalue weighted by molar-refractivity contribution is 5.02. The largest absolute Gasteiger partial charge is 0.334 e. The second-order valence-electron chi connectivity index (χ2n) is 4.41. The Hall–Kier alpha value is -0.830. The van der Waals surface area contributed by atoms with Crippen molar-refractivity contribution in [2.45, 2.75) is 39.2 Å². The zero-order chi connectivity index (χ0) is 10.0. The van der Waals surface area contributed by atoms with Gasteiger partial charge in [0.25, 0.3) is 0 Å². The zero-order valence-corrected chi connectivity index (χ0v) is 8.87. The summed E-state index contributed by atoms with van der Waals surface area (Å²) in [5, 5.41) is 0. The van der Waals surface area contributed by atoms with E-state index in [1.807, 2.05) is 12.5 Å². The van der Waals surface area contributed by atoms with Gasteiger partial charge in [-0.2, -0.15) is 0 Å². The van der Waals surface area contributed by atoms with Crippen molar-refractivity contribution < 1.29 is 0 Å². The molecule has 1 aromatic heterocycles. The minimum Gasteiger partial charge on any atom is -0.334 e. The van der Waals surface area contributed by atoms with Crippen molar-refractivity contribution in [1.82, 2.24) is 9.55 Å². The van der Waals surface area contributed by atoms with Crippen LogP contribution >= 0.6 is 0 Å². The fourth-order valence-corrected chi connectivity index (χ4v) is 2.01. The lowest BCUT2D eigenvalue weighted by atomic mass is 10.0. The minimum atomic E-state index is 0.587. The third kappa shape index (κ3) is 1.82. The van der Waals surface area contributed by atoms with E-state index in [9.17, 15) is 0 Å². The van der Waals surface area contributed by atoms with Crippen LogP contribution in [0.3, 0.4) is 0 Å². The van der Waals surface area contributed by atoms with Gasteiger partial charge in [-0.1, -0.05) is 6.92 Å². The van der Waals surface area contributed by atoms with Gasteiger partial charge in [0, 0.05) is 24.9 Å². The summed E-state index contributed by atoms with van der Waals surface area (Å²) in [4.78, 5) is 4.19. The second-order valence-corrected chi connectivity index (χ2v) is 4.41. The monoisotopic (exact) mass is 193 g/mol. The topological polar surface area (TPSA) is 43.8 Å². The van der Waals surface area contributed by atoms with E-state index < -0.39 is 0 Å². The SMILES string of the molecule is CCC1(Cn2cncc2CCN)CC1. The minimum absolute atomic E-state index is 0.587. The predicted molar refractivity (Wildman–Crippen MR) is 56.9 cm³/mol. The van der Waals surface area contributed by atoms with Crippen molar-refractivity contribution in [3.05, 3.63) is 18.2 Å². The number of aromatic nitrogens is 2. The second kappa shape index (κ2) is 3.73. The number of imidazole rings is 1. The van der Waals surface area contributed by atoms with Crippen LogP contribution in [0.25, 0.3) is 0 Å². The van der Waals surface area contributed by atoms with Crippen molar-refractivity contribution in [2.24, 2.45) is 11.1 Å². The average molecular weight is 193 g/mol. The zero-order valence-electron chi connectivity index (χ0n) is 8.87. The van der Waals surface area contributed by atoms with Crippen LogP contribution in [-0.2, 0) is 13.0 Å². The summed E-state index contributed by atoms with van der Waals surface area (Å²) >= 11 is 0. The van der Waals surface area contributed by atoms with Crippen LogP contribution in [0.15, 0.2) is 12.5 Å². The van der Waals surface area contributed by atoms with Gasteiger partial charge >= 0.3 is 0 Å². The van der Waals surface area contributed by atoms with E-state index in [2.05, 4.69) is 16.5 Å². The van der Waals surface area contributed by atoms with Crippen LogP contribution in [-0.4, -0.2) is 16.1 Å². The lowest BCUT2D eigenvalue weighted by Gasteiger charge is -2.15. The summed E-state index contributed by atoms with van der Waals surface area (Å²) in [6, 6.07) is 0. The van der Waals surface area contributed by atoms with Crippen LogP contribution in [0, 0.1) is 5.41 Å². The molecule has 1 fully saturated rings. The van der Waals surface area contributed by atoms with Gasteiger partial charge in [-0.3, -0.25) is 0 Å². The standard InChI is InChI=1S/C11H19N3/c1-2-11(4-5-11)8-14-9-13-7-10(14)3-6-12/h7,9H,2-6,8,12H2,1H3. The molecule has 0 amide bonds. The number of hydrogen-bond donors (Lipinski definition) is 1. The molecule has 0 spiro atoms. The van der Waals surface area contributed by atoms with Gasteiger partial charge < -0.3 is 10.3 Å². The molecule has 0 aromatic carbocycles. The van der Waals surface area contributed by atoms with Crippen molar-refractivity contribution in [3.63, 3.8) is 0 Å². The van der Waals surface area contributed by atoms with Crippen molar-refractivity contribution in [2.75, 3.05) is 6.54 Å². The third-order valence-electron chi connectivity index (χ3n) is 3.41. The molecule has 0 bridgehead atoms. The van der Waals surface area contributed by atoms with Crippen molar-refractivity contribution >= 4 is 0 Å². The maximum Gasteiger partial charge on any atom is 0.0948 e. The smallest absolute Gasteiger partial charge is 0.0948 e. The number of nitrogens with zero attached hydrogens (tertiary/aromatic N) is 2. The van der Waals surface area contributed by atoms with E-state index in [-0.39, 0.29) is 0 Å². The third-order valence-corrected chi connectivity index (χ3v) is 3.41. The van der Waals surface area contributed by atoms with E-state index >= 15 is 0 Å². The molecule has 0 unspecified atom stereocenters. The van der Waals surface area contributed by atoms with Crippen LogP contribution in [0.4, 0.5) is 0 Å². The van der Waals surface area contributed by atoms with Gasteiger partial charge in [0.1, 0.15) is 0 Å². The Kier molecular flexibility index (Phi) is 2.59. The molecule has 0 atom stereocenters. The molecule has 2 rings (SSSR count). The Morgan fingerprint density at radius 2 is 2.36 bits per heavy atom. The first-order valence-corrected chi connectivity index (χ1v) is 5.49. The van der Waals surface area contributed by atoms with Crippen LogP contribution < -0.4 is 5.73 Å². The van der Waals surface area contributed by atoms with E-state index in [0.717, 1.165) is 13.0 Å². The Bertz CT molecular complexity index is 299. The van der Waals surface area contributed by atoms with E-state index in [0.29, 0.717) is 12.0 Å². The quantitative estimate of drug-likeness (QED) is 0.771. The molecular weight excluding hydrogens is 174 g/mol. The maximum atomic E-state index is 5.56. The Morgan fingerprint density at radius 3 is 2.93 bits per heavy atom. The Balaban J connectivity index is 2.05. The van der Waals surface area contributed by atoms with Crippen molar-refractivity contribution in [3.8, 4) is 0 Å². The molecule has 3 heteroatoms. The maximum absolute atomic E-state index is 5.56. The lowest BCUT2D eigenvalue weighted by Crippen LogP contribution is -2.14. The highest BCUT2D eigenvalue weighted by Crippen LogP contribution is 2.50. The van der Waals surface area contributed by atoms with Crippen molar-refractivity contribution in [1.29, 1.82) is 0 Å². The number of hydrogen-bond acceptors (Lipinski definition) is 2. The average Bonchev–Trinajstić information content (AvgIpc) is 2.84. The van der Waals surface area contributed by atoms with Gasteiger partial charge in [0.05, 0.1) is 6.33 Å². The van der Waals surface area contributed by atoms with Crippen LogP contribution in [0.5, 0.6) is 0 Å². The highest BCUT2D eigenvalue weighted by atomic mass is 15.1. The number of nitrogens with two attached hydrogens (primary N) is 1. The molecule has 1 saturated carbocycles. The van der Waals surface area contributed by atoms with E-state index in [1.165, 1.54) is 25.0 Å². The van der Waals surface area contributed by atoms with E-state index in [4.69, 9.17) is 5.73 Å². The normalized spacial score (nSPS) is 18.4. The molecular formula is C11H19N3. The number of rotatable bonds is 5. The molecule has 1 aromatic rings. The Labute approximate surface area is 85.3 Å². The first-order chi connectivity index (χ1) is 6.79. The molecule has 14 heavy (non-hydrogen) atoms. The van der Waals surface area contributed by atoms with Gasteiger partial charge in [-0.05, 0) is 31.2 Å². The van der Waals surface area contributed by atoms with Crippen LogP contribution in [0.2, 0.25) is 0 Å². The molecule has 78 valence electrons. The lowest BCUT2D eigenvalue weighted by molar-refractivity contribution is 0.402. The first kappa shape index (κ1) is 9.71. The van der Waals surface area contributed by atoms with Gasteiger partial charge in [-0.25, -0.2) is 4.98 Å². The molecule has 0 saturated heterocycles. The summed E-state index contributed by atoms with van der Waals surface area (Å²) in [6.45, 7) is 4.14. The molecule has 1 aliphatic rings. The molecule has 2 N–H and O–H groups in total. The summed E-state index contributed by atoms with van der Waals surface area (Å²) in [5.41, 5.74) is 7.43. The highest BCUT2D eigenvalue weighted by Gasteiger charge is 2.40. The van der Waals surface area contributed by atoms with Gasteiger partial charge in [0.15, 0.2) is 0 Å². The van der Waals surface area contributed by atoms with Crippen LogP contribution in [0.1, 0.15) is 31.9 Å². The Morgan fingerprint density at radius 1 is 1.57 bits per heavy atom. The predicted octanol–water partition coefficient (Wildman–Crippen LogP) is 1.57. The van der Waals surface area contributed by atoms with E-state index in [1.54, 1.807) is 0 Å². The fourth-order valence-electron chi connectivity index (χ4n) is 2.01. The molecule has 1 heterocycles. The summed E-state index contributed by atoms with van der Waals surface area (Å²) in [7, 11) is 0. The summed E-state index contributed by atoms with van der Waals surface area (Å²) in [6.07, 6.45) is 8.87. The first-order valence-electron chi connectivity index (χ1n) is 5.49. The molecule has 0 aliphatic heterocycles. The van der Waals surface area contributed by atoms with Gasteiger partial charge in [-0.15, -0.1) is 0 Å². The molecule has 0 radical (unpaired) electrons. The summed E-state index contributed by atoms with van der Waals surface area (Å²) in [5.74, 6) is 0. The van der Waals surface area contributed by atoms with Gasteiger partial charge in [0.2, 0.25) is 0 Å².